The van der Waals surface area contributed by atoms with Crippen LogP contribution in [0.3, 0.4) is 0 Å². The minimum atomic E-state index is 0.288. The average Bonchev–Trinajstić information content (AvgIpc) is 2.95. The summed E-state index contributed by atoms with van der Waals surface area (Å²) in [5.74, 6) is 0. The molecular weight excluding hydrogens is 244 g/mol. The van der Waals surface area contributed by atoms with Crippen molar-refractivity contribution in [1.82, 2.24) is 10.2 Å². The van der Waals surface area contributed by atoms with Gasteiger partial charge in [-0.05, 0) is 72.0 Å². The number of likely N-dealkylation sites (N-methyl/N-ethyl adjacent to an activating group) is 1. The lowest BCUT2D eigenvalue weighted by atomic mass is 9.80. The van der Waals surface area contributed by atoms with Gasteiger partial charge in [0.05, 0.1) is 0 Å². The molecule has 0 aromatic heterocycles. The second-order valence-electron chi connectivity index (χ2n) is 6.86. The standard InChI is InChI=1S/C18H34N2/c1-4-18(2,20-14-10-11-15-20)17(19-3)16-12-8-6-5-7-9-13-16/h12,17,19H,4-11,13-15H2,1-3H3. The Morgan fingerprint density at radius 3 is 2.50 bits per heavy atom. The Balaban J connectivity index is 2.18. The molecule has 0 aromatic carbocycles. The van der Waals surface area contributed by atoms with Crippen molar-refractivity contribution in [2.75, 3.05) is 20.1 Å². The van der Waals surface area contributed by atoms with E-state index in [-0.39, 0.29) is 5.54 Å². The Morgan fingerprint density at radius 1 is 1.15 bits per heavy atom. The summed E-state index contributed by atoms with van der Waals surface area (Å²) in [5, 5.41) is 3.68. The van der Waals surface area contributed by atoms with Gasteiger partial charge in [-0.1, -0.05) is 31.4 Å². The topological polar surface area (TPSA) is 15.3 Å². The molecule has 116 valence electrons. The first-order valence-electron chi connectivity index (χ1n) is 8.83. The van der Waals surface area contributed by atoms with E-state index in [4.69, 9.17) is 0 Å². The zero-order valence-corrected chi connectivity index (χ0v) is 13.9. The fraction of sp³-hybridized carbons (Fsp3) is 0.889. The van der Waals surface area contributed by atoms with E-state index in [2.05, 4.69) is 37.2 Å². The minimum absolute atomic E-state index is 0.288. The Labute approximate surface area is 126 Å². The van der Waals surface area contributed by atoms with Crippen LogP contribution in [-0.4, -0.2) is 36.6 Å². The van der Waals surface area contributed by atoms with Crippen molar-refractivity contribution in [2.24, 2.45) is 0 Å². The molecule has 2 unspecified atom stereocenters. The molecule has 2 atom stereocenters. The van der Waals surface area contributed by atoms with E-state index in [1.807, 2.05) is 0 Å². The third-order valence-corrected chi connectivity index (χ3v) is 5.65. The lowest BCUT2D eigenvalue weighted by Gasteiger charge is -2.46. The monoisotopic (exact) mass is 278 g/mol. The maximum atomic E-state index is 3.68. The van der Waals surface area contributed by atoms with E-state index >= 15 is 0 Å². The molecule has 20 heavy (non-hydrogen) atoms. The third-order valence-electron chi connectivity index (χ3n) is 5.65. The van der Waals surface area contributed by atoms with E-state index in [9.17, 15) is 0 Å². The van der Waals surface area contributed by atoms with E-state index in [0.717, 1.165) is 0 Å². The molecule has 2 heteroatoms. The molecule has 0 aromatic rings. The van der Waals surface area contributed by atoms with Gasteiger partial charge in [0, 0.05) is 11.6 Å². The Hall–Kier alpha value is -0.340. The predicted molar refractivity (Wildman–Crippen MR) is 88.1 cm³/mol. The van der Waals surface area contributed by atoms with Gasteiger partial charge in [-0.15, -0.1) is 0 Å². The van der Waals surface area contributed by atoms with Crippen molar-refractivity contribution in [3.63, 3.8) is 0 Å². The maximum Gasteiger partial charge on any atom is 0.0461 e. The number of nitrogens with one attached hydrogen (secondary N) is 1. The molecule has 2 aliphatic rings. The summed E-state index contributed by atoms with van der Waals surface area (Å²) in [6.45, 7) is 7.43. The SMILES string of the molecule is CCC(C)(C(NC)C1=CCCCCCC1)N1CCCC1. The quantitative estimate of drug-likeness (QED) is 0.761. The number of nitrogens with zero attached hydrogens (tertiary/aromatic N) is 1. The van der Waals surface area contributed by atoms with Gasteiger partial charge in [0.1, 0.15) is 0 Å². The van der Waals surface area contributed by atoms with Crippen LogP contribution in [-0.2, 0) is 0 Å². The second-order valence-corrected chi connectivity index (χ2v) is 6.86. The highest BCUT2D eigenvalue weighted by atomic mass is 15.2. The van der Waals surface area contributed by atoms with Gasteiger partial charge in [-0.3, -0.25) is 4.90 Å². The molecule has 0 spiro atoms. The molecule has 1 saturated heterocycles. The Morgan fingerprint density at radius 2 is 1.85 bits per heavy atom. The van der Waals surface area contributed by atoms with Crippen LogP contribution in [0, 0.1) is 0 Å². The van der Waals surface area contributed by atoms with Crippen LogP contribution in [0.25, 0.3) is 0 Å². The molecule has 0 amide bonds. The van der Waals surface area contributed by atoms with E-state index < -0.39 is 0 Å². The zero-order valence-electron chi connectivity index (χ0n) is 13.9. The molecule has 2 nitrogen and oxygen atoms in total. The summed E-state index contributed by atoms with van der Waals surface area (Å²) in [5.41, 5.74) is 1.97. The Kier molecular flexibility index (Phi) is 6.10. The Bertz CT molecular complexity index is 317. The van der Waals surface area contributed by atoms with Crippen molar-refractivity contribution in [2.45, 2.75) is 83.2 Å². The molecule has 0 bridgehead atoms. The molecule has 1 aliphatic heterocycles. The van der Waals surface area contributed by atoms with E-state index in [1.165, 1.54) is 70.9 Å². The molecule has 1 heterocycles. The van der Waals surface area contributed by atoms with Gasteiger partial charge >= 0.3 is 0 Å². The van der Waals surface area contributed by atoms with Crippen LogP contribution >= 0.6 is 0 Å². The normalized spacial score (nSPS) is 26.4. The molecule has 0 saturated carbocycles. The van der Waals surface area contributed by atoms with Crippen LogP contribution in [0.15, 0.2) is 11.6 Å². The van der Waals surface area contributed by atoms with Crippen molar-refractivity contribution < 1.29 is 0 Å². The second kappa shape index (κ2) is 7.61. The number of hydrogen-bond acceptors (Lipinski definition) is 2. The van der Waals surface area contributed by atoms with Gasteiger partial charge in [-0.2, -0.15) is 0 Å². The van der Waals surface area contributed by atoms with Gasteiger partial charge in [-0.25, -0.2) is 0 Å². The van der Waals surface area contributed by atoms with Gasteiger partial charge in [0.15, 0.2) is 0 Å². The summed E-state index contributed by atoms with van der Waals surface area (Å²) in [7, 11) is 2.16. The van der Waals surface area contributed by atoms with E-state index in [1.54, 1.807) is 5.57 Å². The number of rotatable bonds is 5. The van der Waals surface area contributed by atoms with Crippen molar-refractivity contribution in [3.8, 4) is 0 Å². The fourth-order valence-electron chi connectivity index (χ4n) is 4.21. The highest BCUT2D eigenvalue weighted by Crippen LogP contribution is 2.33. The first-order valence-corrected chi connectivity index (χ1v) is 8.83. The molecule has 1 N–H and O–H groups in total. The van der Waals surface area contributed by atoms with Gasteiger partial charge < -0.3 is 5.32 Å². The molecule has 2 rings (SSSR count). The first kappa shape index (κ1) is 16.0. The van der Waals surface area contributed by atoms with Crippen LogP contribution in [0.4, 0.5) is 0 Å². The van der Waals surface area contributed by atoms with Crippen molar-refractivity contribution >= 4 is 0 Å². The summed E-state index contributed by atoms with van der Waals surface area (Å²) in [4.78, 5) is 2.74. The number of allylic oxidation sites excluding steroid dienone is 1. The van der Waals surface area contributed by atoms with Gasteiger partial charge in [0.2, 0.25) is 0 Å². The molecule has 0 radical (unpaired) electrons. The van der Waals surface area contributed by atoms with Crippen molar-refractivity contribution in [1.29, 1.82) is 0 Å². The summed E-state index contributed by atoms with van der Waals surface area (Å²) < 4.78 is 0. The first-order chi connectivity index (χ1) is 9.72. The highest BCUT2D eigenvalue weighted by molar-refractivity contribution is 5.19. The molecule has 1 fully saturated rings. The summed E-state index contributed by atoms with van der Waals surface area (Å²) in [6.07, 6.45) is 14.7. The number of hydrogen-bond donors (Lipinski definition) is 1. The van der Waals surface area contributed by atoms with Gasteiger partial charge in [0.25, 0.3) is 0 Å². The third kappa shape index (κ3) is 3.46. The average molecular weight is 278 g/mol. The predicted octanol–water partition coefficient (Wildman–Crippen LogP) is 4.12. The maximum absolute atomic E-state index is 3.68. The molecular formula is C18H34N2. The zero-order chi connectivity index (χ0) is 14.4. The molecule has 1 aliphatic carbocycles. The minimum Gasteiger partial charge on any atom is -0.312 e. The summed E-state index contributed by atoms with van der Waals surface area (Å²) >= 11 is 0. The van der Waals surface area contributed by atoms with Crippen LogP contribution in [0.5, 0.6) is 0 Å². The van der Waals surface area contributed by atoms with Crippen LogP contribution < -0.4 is 5.32 Å². The van der Waals surface area contributed by atoms with Crippen molar-refractivity contribution in [3.05, 3.63) is 11.6 Å². The lowest BCUT2D eigenvalue weighted by molar-refractivity contribution is 0.0989. The largest absolute Gasteiger partial charge is 0.312 e. The highest BCUT2D eigenvalue weighted by Gasteiger charge is 2.40. The summed E-state index contributed by atoms with van der Waals surface area (Å²) in [6, 6.07) is 0.531. The smallest absolute Gasteiger partial charge is 0.0461 e. The fourth-order valence-corrected chi connectivity index (χ4v) is 4.21. The van der Waals surface area contributed by atoms with E-state index in [0.29, 0.717) is 6.04 Å². The van der Waals surface area contributed by atoms with Crippen LogP contribution in [0.2, 0.25) is 0 Å². The lowest BCUT2D eigenvalue weighted by Crippen LogP contribution is -2.58. The number of likely N-dealkylation sites (tertiary alicyclic amines) is 1. The van der Waals surface area contributed by atoms with Crippen LogP contribution in [0.1, 0.15) is 71.6 Å².